The van der Waals surface area contributed by atoms with Gasteiger partial charge in [-0.05, 0) is 40.7 Å². The summed E-state index contributed by atoms with van der Waals surface area (Å²) in [5.74, 6) is 0. The van der Waals surface area contributed by atoms with Gasteiger partial charge in [-0.15, -0.1) is 0 Å². The van der Waals surface area contributed by atoms with Crippen LogP contribution in [0.4, 0.5) is 0 Å². The minimum Gasteiger partial charge on any atom is -0.410 e. The average Bonchev–Trinajstić information content (AvgIpc) is 3.07. The van der Waals surface area contributed by atoms with E-state index in [1.165, 1.54) is 27.8 Å². The van der Waals surface area contributed by atoms with Gasteiger partial charge in [0.2, 0.25) is 0 Å². The highest BCUT2D eigenvalue weighted by Crippen LogP contribution is 2.39. The molecule has 0 heterocycles. The van der Waals surface area contributed by atoms with Gasteiger partial charge in [-0.3, -0.25) is 0 Å². The predicted molar refractivity (Wildman–Crippen MR) is 80.2 cm³/mol. The summed E-state index contributed by atoms with van der Waals surface area (Å²) in [6, 6.07) is 16.8. The molecule has 0 unspecified atom stereocenters. The van der Waals surface area contributed by atoms with Gasteiger partial charge in [0.15, 0.2) is 0 Å². The maximum atomic E-state index is 9.45. The lowest BCUT2D eigenvalue weighted by Crippen LogP contribution is -2.01. The number of benzene rings is 2. The van der Waals surface area contributed by atoms with Crippen molar-refractivity contribution >= 4 is 11.3 Å². The molecule has 0 radical (unpaired) electrons. The van der Waals surface area contributed by atoms with E-state index >= 15 is 0 Å². The van der Waals surface area contributed by atoms with Gasteiger partial charge in [0.1, 0.15) is 5.71 Å². The Morgan fingerprint density at radius 3 is 2.25 bits per heavy atom. The minimum absolute atomic E-state index is 0.757. The van der Waals surface area contributed by atoms with Gasteiger partial charge in [0, 0.05) is 12.0 Å². The quantitative estimate of drug-likeness (QED) is 0.567. The number of fused-ring (bicyclic) bond motifs is 2. The van der Waals surface area contributed by atoms with Gasteiger partial charge in [0.25, 0.3) is 0 Å². The third-order valence-electron chi connectivity index (χ3n) is 4.38. The van der Waals surface area contributed by atoms with Crippen molar-refractivity contribution in [3.63, 3.8) is 0 Å². The molecule has 1 N–H and O–H groups in total. The summed E-state index contributed by atoms with van der Waals surface area (Å²) in [7, 11) is 0. The first-order valence-electron chi connectivity index (χ1n) is 6.99. The lowest BCUT2D eigenvalue weighted by atomic mass is 9.98. The van der Waals surface area contributed by atoms with Crippen molar-refractivity contribution in [1.82, 2.24) is 0 Å². The van der Waals surface area contributed by atoms with Crippen LogP contribution in [0.5, 0.6) is 0 Å². The molecule has 2 aliphatic rings. The van der Waals surface area contributed by atoms with Crippen molar-refractivity contribution in [3.05, 3.63) is 76.4 Å². The van der Waals surface area contributed by atoms with Crippen molar-refractivity contribution in [2.24, 2.45) is 5.16 Å². The zero-order valence-corrected chi connectivity index (χ0v) is 11.1. The minimum atomic E-state index is 0.757. The Hall–Kier alpha value is -2.35. The maximum Gasteiger partial charge on any atom is 0.113 e. The van der Waals surface area contributed by atoms with E-state index in [0.717, 1.165) is 30.5 Å². The molecule has 98 valence electrons. The molecule has 0 aromatic heterocycles. The number of allylic oxidation sites excluding steroid dienone is 2. The highest BCUT2D eigenvalue weighted by atomic mass is 16.4. The van der Waals surface area contributed by atoms with E-state index < -0.39 is 0 Å². The highest BCUT2D eigenvalue weighted by molar-refractivity contribution is 6.20. The number of rotatable bonds is 0. The molecule has 2 aromatic carbocycles. The zero-order chi connectivity index (χ0) is 13.5. The average molecular weight is 261 g/mol. The van der Waals surface area contributed by atoms with Gasteiger partial charge < -0.3 is 5.21 Å². The molecule has 0 atom stereocenters. The summed E-state index contributed by atoms with van der Waals surface area (Å²) >= 11 is 0. The molecule has 0 fully saturated rings. The van der Waals surface area contributed by atoms with E-state index in [1.54, 1.807) is 0 Å². The predicted octanol–water partition coefficient (Wildman–Crippen LogP) is 3.82. The van der Waals surface area contributed by atoms with Crippen molar-refractivity contribution in [2.75, 3.05) is 0 Å². The van der Waals surface area contributed by atoms with Crippen LogP contribution in [0.25, 0.3) is 5.57 Å². The second kappa shape index (κ2) is 4.34. The summed E-state index contributed by atoms with van der Waals surface area (Å²) in [5.41, 5.74) is 8.37. The van der Waals surface area contributed by atoms with Crippen LogP contribution in [-0.2, 0) is 12.8 Å². The second-order valence-corrected chi connectivity index (χ2v) is 5.40. The van der Waals surface area contributed by atoms with Gasteiger partial charge in [-0.1, -0.05) is 53.7 Å². The van der Waals surface area contributed by atoms with Crippen LogP contribution in [-0.4, -0.2) is 10.9 Å². The molecule has 4 rings (SSSR count). The third kappa shape index (κ3) is 1.54. The first-order chi connectivity index (χ1) is 9.88. The van der Waals surface area contributed by atoms with Crippen LogP contribution in [0.15, 0.2) is 59.3 Å². The highest BCUT2D eigenvalue weighted by Gasteiger charge is 2.28. The fourth-order valence-corrected chi connectivity index (χ4v) is 3.45. The Bertz CT molecular complexity index is 756. The molecule has 20 heavy (non-hydrogen) atoms. The Morgan fingerprint density at radius 2 is 1.45 bits per heavy atom. The number of hydrogen-bond acceptors (Lipinski definition) is 2. The molecule has 2 aliphatic carbocycles. The Balaban J connectivity index is 1.92. The summed E-state index contributed by atoms with van der Waals surface area (Å²) < 4.78 is 0. The Morgan fingerprint density at radius 1 is 0.750 bits per heavy atom. The van der Waals surface area contributed by atoms with Gasteiger partial charge in [-0.2, -0.15) is 0 Å². The number of nitrogens with zero attached hydrogens (tertiary/aromatic N) is 1. The fraction of sp³-hybridized carbons (Fsp3) is 0.167. The third-order valence-corrected chi connectivity index (χ3v) is 4.38. The van der Waals surface area contributed by atoms with Crippen molar-refractivity contribution in [3.8, 4) is 0 Å². The summed E-state index contributed by atoms with van der Waals surface area (Å²) in [6.07, 6.45) is 3.00. The number of aryl methyl sites for hydroxylation is 1. The second-order valence-electron chi connectivity index (χ2n) is 5.40. The van der Waals surface area contributed by atoms with Crippen LogP contribution in [0.2, 0.25) is 0 Å². The molecule has 0 spiro atoms. The first-order valence-corrected chi connectivity index (χ1v) is 6.99. The van der Waals surface area contributed by atoms with Gasteiger partial charge >= 0.3 is 0 Å². The van der Waals surface area contributed by atoms with E-state index in [2.05, 4.69) is 35.5 Å². The topological polar surface area (TPSA) is 32.6 Å². The molecule has 2 aromatic rings. The van der Waals surface area contributed by atoms with E-state index in [9.17, 15) is 5.21 Å². The SMILES string of the molecule is O/N=C1/C(=C2/CCc3ccccc32)Cc2ccccc21. The van der Waals surface area contributed by atoms with Crippen LogP contribution in [0.1, 0.15) is 28.7 Å². The maximum absolute atomic E-state index is 9.45. The lowest BCUT2D eigenvalue weighted by molar-refractivity contribution is 0.319. The van der Waals surface area contributed by atoms with Crippen molar-refractivity contribution < 1.29 is 5.21 Å². The van der Waals surface area contributed by atoms with E-state index in [0.29, 0.717) is 0 Å². The molecular weight excluding hydrogens is 246 g/mol. The van der Waals surface area contributed by atoms with Crippen LogP contribution >= 0.6 is 0 Å². The van der Waals surface area contributed by atoms with Gasteiger partial charge in [-0.25, -0.2) is 0 Å². The summed E-state index contributed by atoms with van der Waals surface area (Å²) in [4.78, 5) is 0. The van der Waals surface area contributed by atoms with E-state index in [1.807, 2.05) is 18.2 Å². The monoisotopic (exact) mass is 261 g/mol. The molecule has 0 bridgehead atoms. The summed E-state index contributed by atoms with van der Waals surface area (Å²) in [5, 5.41) is 13.0. The number of oxime groups is 1. The zero-order valence-electron chi connectivity index (χ0n) is 11.1. The molecule has 2 nitrogen and oxygen atoms in total. The molecular formula is C18H15NO. The van der Waals surface area contributed by atoms with Crippen molar-refractivity contribution in [1.29, 1.82) is 0 Å². The lowest BCUT2D eigenvalue weighted by Gasteiger charge is -2.06. The fourth-order valence-electron chi connectivity index (χ4n) is 3.45. The molecule has 0 amide bonds. The van der Waals surface area contributed by atoms with Crippen LogP contribution < -0.4 is 0 Å². The molecule has 2 heteroatoms. The standard InChI is InChI=1S/C18H15NO/c20-19-18-15-8-4-2-6-13(15)11-17(18)16-10-9-12-5-1-3-7-14(12)16/h1-8,20H,9-11H2/b17-16-,19-18+. The Kier molecular flexibility index (Phi) is 2.49. The normalized spacial score (nSPS) is 22.1. The molecule has 0 saturated carbocycles. The van der Waals surface area contributed by atoms with Crippen molar-refractivity contribution in [2.45, 2.75) is 19.3 Å². The van der Waals surface area contributed by atoms with E-state index in [4.69, 9.17) is 0 Å². The molecule has 0 saturated heterocycles. The smallest absolute Gasteiger partial charge is 0.113 e. The largest absolute Gasteiger partial charge is 0.410 e. The Labute approximate surface area is 118 Å². The molecule has 0 aliphatic heterocycles. The summed E-state index contributed by atoms with van der Waals surface area (Å²) in [6.45, 7) is 0. The number of hydrogen-bond donors (Lipinski definition) is 1. The van der Waals surface area contributed by atoms with Crippen LogP contribution in [0.3, 0.4) is 0 Å². The van der Waals surface area contributed by atoms with Crippen LogP contribution in [0, 0.1) is 0 Å². The van der Waals surface area contributed by atoms with Gasteiger partial charge in [0.05, 0.1) is 0 Å². The first kappa shape index (κ1) is 11.5. The van der Waals surface area contributed by atoms with E-state index in [-0.39, 0.29) is 0 Å².